The number of aromatic nitrogens is 2. The van der Waals surface area contributed by atoms with Gasteiger partial charge in [-0.2, -0.15) is 5.10 Å². The van der Waals surface area contributed by atoms with E-state index >= 15 is 0 Å². The fraction of sp³-hybridized carbons (Fsp3) is 0.692. The molecule has 18 heavy (non-hydrogen) atoms. The summed E-state index contributed by atoms with van der Waals surface area (Å²) in [5.74, 6) is 0.0555. The molecule has 1 aliphatic carbocycles. The zero-order valence-electron chi connectivity index (χ0n) is 11.1. The molecular weight excluding hydrogens is 230 g/mol. The summed E-state index contributed by atoms with van der Waals surface area (Å²) in [7, 11) is 0. The van der Waals surface area contributed by atoms with E-state index in [4.69, 9.17) is 5.11 Å². The Bertz CT molecular complexity index is 424. The van der Waals surface area contributed by atoms with E-state index in [1.807, 2.05) is 19.9 Å². The lowest BCUT2D eigenvalue weighted by Crippen LogP contribution is -2.47. The number of carbonyl (C=O) groups is 1. The van der Waals surface area contributed by atoms with Gasteiger partial charge in [-0.25, -0.2) is 0 Å². The lowest BCUT2D eigenvalue weighted by atomic mass is 9.91. The summed E-state index contributed by atoms with van der Waals surface area (Å²) in [6.45, 7) is 4.61. The van der Waals surface area contributed by atoms with Crippen molar-refractivity contribution in [1.29, 1.82) is 0 Å². The summed E-state index contributed by atoms with van der Waals surface area (Å²) in [4.78, 5) is 14.1. The maximum Gasteiger partial charge on any atom is 0.244 e. The molecule has 2 rings (SSSR count). The highest BCUT2D eigenvalue weighted by Crippen LogP contribution is 2.24. The van der Waals surface area contributed by atoms with E-state index in [-0.39, 0.29) is 19.1 Å². The smallest absolute Gasteiger partial charge is 0.244 e. The summed E-state index contributed by atoms with van der Waals surface area (Å²) in [6, 6.07) is 2.29. The molecule has 5 nitrogen and oxygen atoms in total. The van der Waals surface area contributed by atoms with Crippen LogP contribution >= 0.6 is 0 Å². The molecule has 0 unspecified atom stereocenters. The predicted octanol–water partition coefficient (Wildman–Crippen LogP) is 0.873. The molecule has 1 aromatic heterocycles. The van der Waals surface area contributed by atoms with E-state index in [1.165, 1.54) is 6.42 Å². The average molecular weight is 251 g/mol. The van der Waals surface area contributed by atoms with Crippen molar-refractivity contribution in [3.63, 3.8) is 0 Å². The summed E-state index contributed by atoms with van der Waals surface area (Å²) in [6.07, 6.45) is 3.30. The molecule has 1 N–H and O–H groups in total. The summed E-state index contributed by atoms with van der Waals surface area (Å²) in [5.41, 5.74) is 1.93. The van der Waals surface area contributed by atoms with Gasteiger partial charge in [-0.15, -0.1) is 0 Å². The first-order valence-corrected chi connectivity index (χ1v) is 6.53. The molecule has 0 bridgehead atoms. The Labute approximate surface area is 107 Å². The predicted molar refractivity (Wildman–Crippen MR) is 68.1 cm³/mol. The summed E-state index contributed by atoms with van der Waals surface area (Å²) >= 11 is 0. The number of amides is 1. The minimum atomic E-state index is 0.0271. The molecule has 0 spiro atoms. The van der Waals surface area contributed by atoms with Gasteiger partial charge >= 0.3 is 0 Å². The summed E-state index contributed by atoms with van der Waals surface area (Å²) in [5, 5.41) is 13.4. The normalized spacial score (nSPS) is 15.5. The molecule has 5 heteroatoms. The van der Waals surface area contributed by atoms with Crippen LogP contribution in [-0.4, -0.2) is 44.9 Å². The van der Waals surface area contributed by atoms with Crippen LogP contribution in [0.2, 0.25) is 0 Å². The van der Waals surface area contributed by atoms with E-state index in [0.29, 0.717) is 12.6 Å². The SMILES string of the molecule is Cc1cc(C)n(CC(=O)N(CCO)C2CCC2)n1. The standard InChI is InChI=1S/C13H21N3O2/c1-10-8-11(2)16(14-10)9-13(18)15(6-7-17)12-4-3-5-12/h8,12,17H,3-7,9H2,1-2H3. The number of hydrogen-bond donors (Lipinski definition) is 1. The lowest BCUT2D eigenvalue weighted by Gasteiger charge is -2.37. The van der Waals surface area contributed by atoms with E-state index in [2.05, 4.69) is 5.10 Å². The Balaban J connectivity index is 2.02. The Morgan fingerprint density at radius 2 is 2.28 bits per heavy atom. The number of rotatable bonds is 5. The second kappa shape index (κ2) is 5.52. The molecule has 100 valence electrons. The van der Waals surface area contributed by atoms with Crippen LogP contribution in [0.3, 0.4) is 0 Å². The molecule has 1 aliphatic rings. The maximum absolute atomic E-state index is 12.3. The van der Waals surface area contributed by atoms with Crippen molar-refractivity contribution in [1.82, 2.24) is 14.7 Å². The van der Waals surface area contributed by atoms with E-state index in [9.17, 15) is 4.79 Å². The molecule has 1 aromatic rings. The van der Waals surface area contributed by atoms with Gasteiger partial charge in [0, 0.05) is 18.3 Å². The van der Waals surface area contributed by atoms with Gasteiger partial charge in [0.15, 0.2) is 0 Å². The molecule has 0 radical (unpaired) electrons. The zero-order chi connectivity index (χ0) is 13.1. The van der Waals surface area contributed by atoms with Gasteiger partial charge in [0.2, 0.25) is 5.91 Å². The van der Waals surface area contributed by atoms with Crippen LogP contribution in [0.25, 0.3) is 0 Å². The van der Waals surface area contributed by atoms with Crippen molar-refractivity contribution in [3.05, 3.63) is 17.5 Å². The highest BCUT2D eigenvalue weighted by molar-refractivity contribution is 5.76. The number of hydrogen-bond acceptors (Lipinski definition) is 3. The number of carbonyl (C=O) groups excluding carboxylic acids is 1. The highest BCUT2D eigenvalue weighted by Gasteiger charge is 2.28. The monoisotopic (exact) mass is 251 g/mol. The maximum atomic E-state index is 12.3. The van der Waals surface area contributed by atoms with Crippen molar-refractivity contribution >= 4 is 5.91 Å². The Morgan fingerprint density at radius 1 is 1.56 bits per heavy atom. The number of aliphatic hydroxyl groups is 1. The topological polar surface area (TPSA) is 58.4 Å². The largest absolute Gasteiger partial charge is 0.395 e. The van der Waals surface area contributed by atoms with E-state index < -0.39 is 0 Å². The third kappa shape index (κ3) is 2.72. The van der Waals surface area contributed by atoms with Crippen molar-refractivity contribution < 1.29 is 9.90 Å². The third-order valence-electron chi connectivity index (χ3n) is 3.57. The molecule has 1 amide bonds. The van der Waals surface area contributed by atoms with Gasteiger partial charge in [-0.1, -0.05) is 0 Å². The van der Waals surface area contributed by atoms with Crippen LogP contribution in [0.4, 0.5) is 0 Å². The average Bonchev–Trinajstić information content (AvgIpc) is 2.54. The van der Waals surface area contributed by atoms with Crippen molar-refractivity contribution in [2.24, 2.45) is 0 Å². The molecule has 1 fully saturated rings. The molecular formula is C13H21N3O2. The van der Waals surface area contributed by atoms with Crippen molar-refractivity contribution in [2.75, 3.05) is 13.2 Å². The molecule has 1 saturated carbocycles. The van der Waals surface area contributed by atoms with Crippen molar-refractivity contribution in [2.45, 2.75) is 45.7 Å². The van der Waals surface area contributed by atoms with Crippen molar-refractivity contribution in [3.8, 4) is 0 Å². The van der Waals surface area contributed by atoms with Gasteiger partial charge in [0.1, 0.15) is 6.54 Å². The van der Waals surface area contributed by atoms with Crippen LogP contribution in [-0.2, 0) is 11.3 Å². The van der Waals surface area contributed by atoms with Crippen LogP contribution in [0, 0.1) is 13.8 Å². The first kappa shape index (κ1) is 13.1. The molecule has 0 aromatic carbocycles. The van der Waals surface area contributed by atoms with Crippen LogP contribution < -0.4 is 0 Å². The molecule has 0 aliphatic heterocycles. The number of aliphatic hydroxyl groups excluding tert-OH is 1. The van der Waals surface area contributed by atoms with Crippen LogP contribution in [0.1, 0.15) is 30.7 Å². The van der Waals surface area contributed by atoms with E-state index in [1.54, 1.807) is 9.58 Å². The fourth-order valence-corrected chi connectivity index (χ4v) is 2.37. The van der Waals surface area contributed by atoms with Gasteiger partial charge in [-0.05, 0) is 39.2 Å². The van der Waals surface area contributed by atoms with Gasteiger partial charge in [0.25, 0.3) is 0 Å². The van der Waals surface area contributed by atoms with Gasteiger partial charge < -0.3 is 10.0 Å². The van der Waals surface area contributed by atoms with E-state index in [0.717, 1.165) is 24.2 Å². The quantitative estimate of drug-likeness (QED) is 0.845. The lowest BCUT2D eigenvalue weighted by molar-refractivity contribution is -0.136. The number of nitrogens with zero attached hydrogens (tertiary/aromatic N) is 3. The number of aryl methyl sites for hydroxylation is 2. The first-order valence-electron chi connectivity index (χ1n) is 6.53. The molecule has 0 atom stereocenters. The van der Waals surface area contributed by atoms with Crippen LogP contribution in [0.15, 0.2) is 6.07 Å². The summed E-state index contributed by atoms with van der Waals surface area (Å²) < 4.78 is 1.74. The second-order valence-electron chi connectivity index (χ2n) is 4.98. The van der Waals surface area contributed by atoms with Gasteiger partial charge in [-0.3, -0.25) is 9.48 Å². The Morgan fingerprint density at radius 3 is 2.72 bits per heavy atom. The van der Waals surface area contributed by atoms with Crippen LogP contribution in [0.5, 0.6) is 0 Å². The Kier molecular flexibility index (Phi) is 4.01. The third-order valence-corrected chi connectivity index (χ3v) is 3.57. The fourth-order valence-electron chi connectivity index (χ4n) is 2.37. The minimum Gasteiger partial charge on any atom is -0.395 e. The van der Waals surface area contributed by atoms with Gasteiger partial charge in [0.05, 0.1) is 12.3 Å². The minimum absolute atomic E-state index is 0.0271. The molecule has 1 heterocycles. The Hall–Kier alpha value is -1.36. The molecule has 0 saturated heterocycles. The first-order chi connectivity index (χ1) is 8.61. The second-order valence-corrected chi connectivity index (χ2v) is 4.98. The highest BCUT2D eigenvalue weighted by atomic mass is 16.3. The zero-order valence-corrected chi connectivity index (χ0v) is 11.1.